The highest BCUT2D eigenvalue weighted by atomic mass is 35.5. The summed E-state index contributed by atoms with van der Waals surface area (Å²) in [5.74, 6) is 2.31. The number of thiazole rings is 3. The SMILES string of the molecule is C[C@@H]1CN(c2nsnc2Cl)CCN1C(=O)Nc1nc2ccc(Cl)cc2s1.Cc1ccc2nc(NC(=O)N3CCN(c4nsnc4Cl)C[C@H]3C)sc2c1.Cc1nsnc1N1CCN(C(=O)Nc2nc3ccc(Cl)cc3s2)[C@H](C)C1. The number of aromatic nitrogens is 9. The fourth-order valence-corrected chi connectivity index (χ4v) is 14.4. The molecule has 3 aromatic carbocycles. The fraction of sp³-hybridized carbons (Fsp3) is 0.362. The van der Waals surface area contributed by atoms with Gasteiger partial charge in [0.05, 0.1) is 71.5 Å². The van der Waals surface area contributed by atoms with E-state index in [0.29, 0.717) is 93.2 Å². The number of amides is 6. The predicted molar refractivity (Wildman–Crippen MR) is 320 cm³/mol. The number of hydrogen-bond acceptors (Lipinski definition) is 21. The lowest BCUT2D eigenvalue weighted by Gasteiger charge is -2.39. The average Bonchev–Trinajstić information content (AvgIpc) is 4.32. The number of rotatable bonds is 6. The zero-order valence-corrected chi connectivity index (χ0v) is 50.1. The van der Waals surface area contributed by atoms with Crippen molar-refractivity contribution in [2.75, 3.05) is 89.6 Å². The van der Waals surface area contributed by atoms with Crippen LogP contribution in [-0.2, 0) is 0 Å². The number of nitrogens with zero attached hydrogens (tertiary/aromatic N) is 15. The highest BCUT2D eigenvalue weighted by Gasteiger charge is 2.33. The highest BCUT2D eigenvalue weighted by Crippen LogP contribution is 2.33. The zero-order valence-electron chi connectivity index (χ0n) is 42.2. The summed E-state index contributed by atoms with van der Waals surface area (Å²) in [5, 5.41) is 12.7. The number of anilines is 6. The van der Waals surface area contributed by atoms with Crippen LogP contribution < -0.4 is 30.7 Å². The molecule has 3 aliphatic rings. The molecular formula is C47H48Cl4N18O3S6. The zero-order chi connectivity index (χ0) is 54.8. The summed E-state index contributed by atoms with van der Waals surface area (Å²) in [7, 11) is 0. The minimum Gasteiger partial charge on any atom is -0.350 e. The van der Waals surface area contributed by atoms with E-state index in [0.717, 1.165) is 78.7 Å². The lowest BCUT2D eigenvalue weighted by atomic mass is 10.2. The quantitative estimate of drug-likeness (QED) is 0.141. The standard InChI is InChI=1S/2C16H17ClN6OS2.C15H14Cl2N6OS2/c1-9-8-22(14-10(2)20-26-21-14)5-6-23(9)16(24)19-15-18-12-4-3-11(17)7-13(12)25-15;1-9-3-4-11-12(7-9)25-15(18-11)19-16(24)23-6-5-22(8-10(23)2)14-13(17)20-26-21-14;1-8-7-22(13-12(17)20-26-21-13)4-5-23(8)15(24)19-14-18-10-3-2-9(16)6-11(10)25-14/h3-4,7,9H,5-6,8H2,1-2H3,(H,18,19,24);3-4,7,10H,5-6,8H2,1-2H3,(H,18,19,24);2-3,6,8H,4-5,7H2,1H3,(H,18,19,24)/t9-;10-;8-/m111/s1. The topological polar surface area (TPSA) is 223 Å². The molecule has 408 valence electrons. The lowest BCUT2D eigenvalue weighted by molar-refractivity contribution is 0.184. The van der Waals surface area contributed by atoms with Gasteiger partial charge < -0.3 is 29.4 Å². The van der Waals surface area contributed by atoms with Gasteiger partial charge in [-0.15, -0.1) is 0 Å². The van der Waals surface area contributed by atoms with Gasteiger partial charge in [-0.05, 0) is 88.7 Å². The molecule has 0 spiro atoms. The summed E-state index contributed by atoms with van der Waals surface area (Å²) in [6.07, 6.45) is 0. The van der Waals surface area contributed by atoms with Crippen molar-refractivity contribution in [1.82, 2.24) is 55.9 Å². The monoisotopic (exact) mass is 1240 g/mol. The minimum absolute atomic E-state index is 0.00494. The molecular weight excluding hydrogens is 1200 g/mol. The van der Waals surface area contributed by atoms with Gasteiger partial charge in [0.1, 0.15) is 0 Å². The van der Waals surface area contributed by atoms with Gasteiger partial charge >= 0.3 is 18.1 Å². The highest BCUT2D eigenvalue weighted by molar-refractivity contribution is 7.23. The Morgan fingerprint density at radius 1 is 0.474 bits per heavy atom. The first kappa shape index (κ1) is 55.7. The van der Waals surface area contributed by atoms with Gasteiger partial charge in [-0.25, -0.2) is 29.3 Å². The van der Waals surface area contributed by atoms with Crippen molar-refractivity contribution in [3.63, 3.8) is 0 Å². The van der Waals surface area contributed by atoms with Crippen LogP contribution >= 0.6 is 116 Å². The number of hydrogen-bond donors (Lipinski definition) is 3. The molecule has 0 radical (unpaired) electrons. The van der Waals surface area contributed by atoms with Crippen molar-refractivity contribution >= 4 is 197 Å². The van der Waals surface area contributed by atoms with Crippen molar-refractivity contribution in [3.05, 3.63) is 86.2 Å². The summed E-state index contributed by atoms with van der Waals surface area (Å²) in [6, 6.07) is 16.7. The van der Waals surface area contributed by atoms with E-state index in [2.05, 4.69) is 77.9 Å². The van der Waals surface area contributed by atoms with Gasteiger partial charge in [-0.3, -0.25) is 16.0 Å². The van der Waals surface area contributed by atoms with Crippen LogP contribution in [-0.4, -0.2) is 151 Å². The molecule has 21 nitrogen and oxygen atoms in total. The number of fused-ring (bicyclic) bond motifs is 3. The van der Waals surface area contributed by atoms with E-state index in [1.165, 1.54) is 51.3 Å². The molecule has 3 N–H and O–H groups in total. The maximum Gasteiger partial charge on any atom is 0.324 e. The van der Waals surface area contributed by atoms with Gasteiger partial charge in [0.25, 0.3) is 0 Å². The molecule has 3 aliphatic heterocycles. The maximum absolute atomic E-state index is 12.7. The van der Waals surface area contributed by atoms with E-state index in [1.807, 2.05) is 80.8 Å². The van der Waals surface area contributed by atoms with Crippen LogP contribution in [0.15, 0.2) is 54.6 Å². The summed E-state index contributed by atoms with van der Waals surface area (Å²) >= 11 is 31.9. The van der Waals surface area contributed by atoms with Crippen LogP contribution in [0.4, 0.5) is 47.2 Å². The first-order chi connectivity index (χ1) is 37.5. The van der Waals surface area contributed by atoms with Gasteiger partial charge in [0, 0.05) is 87.1 Å². The first-order valence-corrected chi connectivity index (χ1v) is 30.4. The number of halogens is 4. The Hall–Kier alpha value is -5.62. The van der Waals surface area contributed by atoms with Crippen LogP contribution in [0.1, 0.15) is 32.0 Å². The number of carbonyl (C=O) groups excluding carboxylic acids is 3. The Balaban J connectivity index is 0.000000132. The molecule has 6 amide bonds. The molecule has 12 rings (SSSR count). The lowest BCUT2D eigenvalue weighted by Crippen LogP contribution is -2.55. The molecule has 0 saturated carbocycles. The second kappa shape index (κ2) is 24.4. The second-order valence-corrected chi connectivity index (χ2v) is 24.7. The number of urea groups is 3. The largest absolute Gasteiger partial charge is 0.350 e. The second-order valence-electron chi connectivity index (χ2n) is 18.4. The van der Waals surface area contributed by atoms with E-state index in [9.17, 15) is 14.4 Å². The fourth-order valence-electron chi connectivity index (χ4n) is 9.07. The van der Waals surface area contributed by atoms with Crippen molar-refractivity contribution in [2.45, 2.75) is 52.7 Å². The Morgan fingerprint density at radius 3 is 1.19 bits per heavy atom. The molecule has 31 heteroatoms. The first-order valence-electron chi connectivity index (χ1n) is 24.3. The van der Waals surface area contributed by atoms with Crippen LogP contribution in [0.25, 0.3) is 30.6 Å². The van der Waals surface area contributed by atoms with E-state index in [-0.39, 0.29) is 36.2 Å². The Labute approximate surface area is 492 Å². The molecule has 6 aromatic heterocycles. The molecule has 0 aliphatic carbocycles. The van der Waals surface area contributed by atoms with Gasteiger partial charge in [0.15, 0.2) is 43.2 Å². The molecule has 78 heavy (non-hydrogen) atoms. The molecule has 3 saturated heterocycles. The van der Waals surface area contributed by atoms with Gasteiger partial charge in [-0.2, -0.15) is 26.2 Å². The summed E-state index contributed by atoms with van der Waals surface area (Å²) in [6.45, 7) is 15.9. The number of carbonyl (C=O) groups is 3. The third kappa shape index (κ3) is 12.8. The third-order valence-corrected chi connectivity index (χ3v) is 18.6. The maximum atomic E-state index is 12.7. The Kier molecular flexibility index (Phi) is 17.4. The van der Waals surface area contributed by atoms with E-state index >= 15 is 0 Å². The van der Waals surface area contributed by atoms with Crippen LogP contribution in [0, 0.1) is 13.8 Å². The number of benzene rings is 3. The van der Waals surface area contributed by atoms with Gasteiger partial charge in [0.2, 0.25) is 0 Å². The van der Waals surface area contributed by atoms with Gasteiger partial charge in [-0.1, -0.05) is 86.5 Å². The summed E-state index contributed by atoms with van der Waals surface area (Å²) in [5.41, 5.74) is 4.67. The summed E-state index contributed by atoms with van der Waals surface area (Å²) < 4.78 is 28.0. The van der Waals surface area contributed by atoms with Crippen molar-refractivity contribution < 1.29 is 14.4 Å². The molecule has 3 fully saturated rings. The number of nitrogens with one attached hydrogen (secondary N) is 3. The smallest absolute Gasteiger partial charge is 0.324 e. The Bertz CT molecular complexity index is 3240. The van der Waals surface area contributed by atoms with E-state index in [1.54, 1.807) is 17.0 Å². The van der Waals surface area contributed by atoms with Crippen LogP contribution in [0.5, 0.6) is 0 Å². The number of piperazine rings is 3. The predicted octanol–water partition coefficient (Wildman–Crippen LogP) is 11.9. The Morgan fingerprint density at radius 2 is 0.833 bits per heavy atom. The van der Waals surface area contributed by atoms with E-state index < -0.39 is 0 Å². The van der Waals surface area contributed by atoms with Crippen LogP contribution in [0.2, 0.25) is 20.4 Å². The minimum atomic E-state index is -0.162. The molecule has 0 unspecified atom stereocenters. The van der Waals surface area contributed by atoms with E-state index in [4.69, 9.17) is 46.4 Å². The summed E-state index contributed by atoms with van der Waals surface area (Å²) in [4.78, 5) is 63.2. The van der Waals surface area contributed by atoms with Crippen molar-refractivity contribution in [1.29, 1.82) is 0 Å². The van der Waals surface area contributed by atoms with Crippen molar-refractivity contribution in [3.8, 4) is 0 Å². The molecule has 3 atom stereocenters. The third-order valence-electron chi connectivity index (χ3n) is 12.9. The number of aryl methyl sites for hydroxylation is 2. The molecule has 9 heterocycles. The average molecular weight is 1250 g/mol. The van der Waals surface area contributed by atoms with Crippen molar-refractivity contribution in [2.24, 2.45) is 0 Å². The molecule has 9 aromatic rings. The molecule has 0 bridgehead atoms. The van der Waals surface area contributed by atoms with Crippen LogP contribution in [0.3, 0.4) is 0 Å². The normalized spacial score (nSPS) is 17.7.